The summed E-state index contributed by atoms with van der Waals surface area (Å²) in [4.78, 5) is 12.3. The molecule has 106 valence electrons. The number of piperidine rings is 1. The van der Waals surface area contributed by atoms with Crippen LogP contribution in [0, 0.1) is 29.1 Å². The minimum absolute atomic E-state index is 0.341. The molecule has 19 heavy (non-hydrogen) atoms. The van der Waals surface area contributed by atoms with Gasteiger partial charge in [0, 0.05) is 12.5 Å². The Hall–Kier alpha value is -0.570. The molecule has 1 spiro atoms. The standard InChI is InChI=1S/C16H26N2O/c19-15(14-9-16(14)3-5-17-6-4-16)18-10-13-8-11-1-2-12(13)7-11/h11-14,17H,1-10H2,(H,18,19). The molecule has 2 N–H and O–H groups in total. The molecule has 3 heteroatoms. The summed E-state index contributed by atoms with van der Waals surface area (Å²) < 4.78 is 0. The van der Waals surface area contributed by atoms with Crippen molar-refractivity contribution in [3.63, 3.8) is 0 Å². The van der Waals surface area contributed by atoms with Gasteiger partial charge in [0.15, 0.2) is 0 Å². The second-order valence-corrected chi connectivity index (χ2v) is 7.55. The van der Waals surface area contributed by atoms with E-state index in [9.17, 15) is 4.79 Å². The fourth-order valence-corrected chi connectivity index (χ4v) is 5.18. The Kier molecular flexibility index (Phi) is 2.87. The number of nitrogens with one attached hydrogen (secondary N) is 2. The Morgan fingerprint density at radius 1 is 1.21 bits per heavy atom. The highest BCUT2D eigenvalue weighted by Gasteiger charge is 2.57. The lowest BCUT2D eigenvalue weighted by Gasteiger charge is -2.24. The van der Waals surface area contributed by atoms with E-state index in [1.807, 2.05) is 0 Å². The number of hydrogen-bond acceptors (Lipinski definition) is 2. The second-order valence-electron chi connectivity index (χ2n) is 7.55. The van der Waals surface area contributed by atoms with Crippen molar-refractivity contribution in [2.75, 3.05) is 19.6 Å². The fraction of sp³-hybridized carbons (Fsp3) is 0.938. The first-order valence-electron chi connectivity index (χ1n) is 8.25. The largest absolute Gasteiger partial charge is 0.356 e. The second kappa shape index (κ2) is 4.47. The van der Waals surface area contributed by atoms with Gasteiger partial charge < -0.3 is 10.6 Å². The van der Waals surface area contributed by atoms with E-state index in [0.717, 1.165) is 43.8 Å². The van der Waals surface area contributed by atoms with Gasteiger partial charge in [0.2, 0.25) is 5.91 Å². The lowest BCUT2D eigenvalue weighted by atomic mass is 9.88. The Morgan fingerprint density at radius 2 is 2.05 bits per heavy atom. The van der Waals surface area contributed by atoms with Crippen LogP contribution in [0.2, 0.25) is 0 Å². The molecule has 0 aromatic heterocycles. The van der Waals surface area contributed by atoms with Crippen LogP contribution in [0.1, 0.15) is 44.9 Å². The van der Waals surface area contributed by atoms with Gasteiger partial charge in [-0.1, -0.05) is 6.42 Å². The van der Waals surface area contributed by atoms with Crippen LogP contribution >= 0.6 is 0 Å². The monoisotopic (exact) mass is 262 g/mol. The van der Waals surface area contributed by atoms with Crippen LogP contribution in [-0.4, -0.2) is 25.5 Å². The third kappa shape index (κ3) is 2.10. The highest BCUT2D eigenvalue weighted by atomic mass is 16.2. The van der Waals surface area contributed by atoms with Crippen LogP contribution in [0.25, 0.3) is 0 Å². The van der Waals surface area contributed by atoms with E-state index < -0.39 is 0 Å². The average molecular weight is 262 g/mol. The van der Waals surface area contributed by atoms with Gasteiger partial charge in [-0.25, -0.2) is 0 Å². The van der Waals surface area contributed by atoms with Gasteiger partial charge in [-0.15, -0.1) is 0 Å². The summed E-state index contributed by atoms with van der Waals surface area (Å²) in [6, 6.07) is 0. The Balaban J connectivity index is 1.26. The van der Waals surface area contributed by atoms with Crippen LogP contribution in [-0.2, 0) is 4.79 Å². The topological polar surface area (TPSA) is 41.1 Å². The van der Waals surface area contributed by atoms with Gasteiger partial charge in [-0.3, -0.25) is 4.79 Å². The molecule has 1 saturated heterocycles. The van der Waals surface area contributed by atoms with E-state index in [2.05, 4.69) is 10.6 Å². The summed E-state index contributed by atoms with van der Waals surface area (Å²) in [6.45, 7) is 3.18. The number of carbonyl (C=O) groups excluding carboxylic acids is 1. The number of carbonyl (C=O) groups is 1. The maximum atomic E-state index is 12.3. The van der Waals surface area contributed by atoms with Gasteiger partial charge in [0.25, 0.3) is 0 Å². The van der Waals surface area contributed by atoms with Crippen molar-refractivity contribution in [3.05, 3.63) is 0 Å². The molecule has 4 rings (SSSR count). The molecule has 0 radical (unpaired) electrons. The van der Waals surface area contributed by atoms with Crippen LogP contribution in [0.5, 0.6) is 0 Å². The molecule has 4 unspecified atom stereocenters. The predicted molar refractivity (Wildman–Crippen MR) is 74.6 cm³/mol. The molecule has 1 aliphatic heterocycles. The van der Waals surface area contributed by atoms with Crippen molar-refractivity contribution in [1.82, 2.24) is 10.6 Å². The van der Waals surface area contributed by atoms with E-state index in [0.29, 0.717) is 17.2 Å². The molecule has 1 heterocycles. The molecule has 3 aliphatic carbocycles. The number of fused-ring (bicyclic) bond motifs is 2. The van der Waals surface area contributed by atoms with Crippen LogP contribution in [0.4, 0.5) is 0 Å². The molecule has 3 nitrogen and oxygen atoms in total. The number of hydrogen-bond donors (Lipinski definition) is 2. The van der Waals surface area contributed by atoms with Crippen molar-refractivity contribution < 1.29 is 4.79 Å². The minimum atomic E-state index is 0.341. The quantitative estimate of drug-likeness (QED) is 0.816. The third-order valence-electron chi connectivity index (χ3n) is 6.53. The first-order valence-corrected chi connectivity index (χ1v) is 8.25. The molecule has 4 atom stereocenters. The molecular weight excluding hydrogens is 236 g/mol. The van der Waals surface area contributed by atoms with Gasteiger partial charge in [-0.05, 0) is 74.8 Å². The number of amides is 1. The smallest absolute Gasteiger partial charge is 0.223 e. The van der Waals surface area contributed by atoms with Crippen LogP contribution in [0.15, 0.2) is 0 Å². The molecule has 1 amide bonds. The highest BCUT2D eigenvalue weighted by Crippen LogP contribution is 2.58. The molecule has 2 bridgehead atoms. The lowest BCUT2D eigenvalue weighted by molar-refractivity contribution is -0.123. The summed E-state index contributed by atoms with van der Waals surface area (Å²) >= 11 is 0. The Morgan fingerprint density at radius 3 is 2.74 bits per heavy atom. The first-order chi connectivity index (χ1) is 9.27. The van der Waals surface area contributed by atoms with E-state index >= 15 is 0 Å². The summed E-state index contributed by atoms with van der Waals surface area (Å²) in [5.74, 6) is 3.42. The Labute approximate surface area is 115 Å². The molecular formula is C16H26N2O. The highest BCUT2D eigenvalue weighted by molar-refractivity contribution is 5.82. The summed E-state index contributed by atoms with van der Waals surface area (Å²) in [7, 11) is 0. The van der Waals surface area contributed by atoms with E-state index in [-0.39, 0.29) is 0 Å². The maximum Gasteiger partial charge on any atom is 0.223 e. The van der Waals surface area contributed by atoms with Crippen LogP contribution in [0.3, 0.4) is 0 Å². The fourth-order valence-electron chi connectivity index (χ4n) is 5.18. The lowest BCUT2D eigenvalue weighted by Crippen LogP contribution is -2.36. The van der Waals surface area contributed by atoms with Crippen molar-refractivity contribution in [2.24, 2.45) is 29.1 Å². The number of rotatable bonds is 3. The van der Waals surface area contributed by atoms with Crippen molar-refractivity contribution in [2.45, 2.75) is 44.9 Å². The summed E-state index contributed by atoms with van der Waals surface area (Å²) in [5.41, 5.74) is 0.393. The van der Waals surface area contributed by atoms with Crippen molar-refractivity contribution >= 4 is 5.91 Å². The SMILES string of the molecule is O=C(NCC1CC2CCC1C2)C1CC12CCNCC2. The molecule has 3 saturated carbocycles. The zero-order valence-electron chi connectivity index (χ0n) is 11.8. The average Bonchev–Trinajstić information content (AvgIpc) is 2.81. The van der Waals surface area contributed by atoms with Crippen molar-refractivity contribution in [3.8, 4) is 0 Å². The Bertz CT molecular complexity index is 375. The maximum absolute atomic E-state index is 12.3. The normalized spacial score (nSPS) is 42.5. The third-order valence-corrected chi connectivity index (χ3v) is 6.53. The van der Waals surface area contributed by atoms with Gasteiger partial charge in [0.05, 0.1) is 0 Å². The van der Waals surface area contributed by atoms with Crippen molar-refractivity contribution in [1.29, 1.82) is 0 Å². The molecule has 4 fully saturated rings. The van der Waals surface area contributed by atoms with Gasteiger partial charge in [-0.2, -0.15) is 0 Å². The summed E-state index contributed by atoms with van der Waals surface area (Å²) in [6.07, 6.45) is 9.26. The van der Waals surface area contributed by atoms with E-state index in [1.54, 1.807) is 0 Å². The van der Waals surface area contributed by atoms with Gasteiger partial charge >= 0.3 is 0 Å². The first kappa shape index (κ1) is 12.2. The molecule has 4 aliphatic rings. The van der Waals surface area contributed by atoms with E-state index in [4.69, 9.17) is 0 Å². The van der Waals surface area contributed by atoms with E-state index in [1.165, 1.54) is 38.5 Å². The molecule has 0 aromatic rings. The van der Waals surface area contributed by atoms with Gasteiger partial charge in [0.1, 0.15) is 0 Å². The zero-order valence-corrected chi connectivity index (χ0v) is 11.8. The molecule has 0 aromatic carbocycles. The summed E-state index contributed by atoms with van der Waals surface area (Å²) in [5, 5.41) is 6.69. The minimum Gasteiger partial charge on any atom is -0.356 e. The predicted octanol–water partition coefficient (Wildman–Crippen LogP) is 1.93. The van der Waals surface area contributed by atoms with Crippen LogP contribution < -0.4 is 10.6 Å². The zero-order chi connectivity index (χ0) is 12.9.